The Balaban J connectivity index is 1.71. The number of carbonyl (C=O) groups excluding carboxylic acids is 1. The predicted molar refractivity (Wildman–Crippen MR) is 157 cm³/mol. The van der Waals surface area contributed by atoms with Crippen LogP contribution in [0.1, 0.15) is 13.8 Å². The maximum atomic E-state index is 13.6. The number of anilines is 4. The van der Waals surface area contributed by atoms with Gasteiger partial charge in [0.1, 0.15) is 18.0 Å². The zero-order valence-corrected chi connectivity index (χ0v) is 23.9. The van der Waals surface area contributed by atoms with Gasteiger partial charge < -0.3 is 20.5 Å². The molecule has 0 spiro atoms. The lowest BCUT2D eigenvalue weighted by atomic mass is 10.2. The van der Waals surface area contributed by atoms with Gasteiger partial charge in [-0.25, -0.2) is 23.4 Å². The number of nitrogens with zero attached hydrogens (tertiary/aromatic N) is 3. The second-order valence-corrected chi connectivity index (χ2v) is 11.1. The molecule has 1 heterocycles. The number of hydroxylamine groups is 1. The highest BCUT2D eigenvalue weighted by Gasteiger charge is 2.21. The molecule has 0 saturated heterocycles. The van der Waals surface area contributed by atoms with Crippen LogP contribution in [0.25, 0.3) is 11.0 Å². The lowest BCUT2D eigenvalue weighted by Gasteiger charge is -2.24. The van der Waals surface area contributed by atoms with Crippen molar-refractivity contribution in [3.63, 3.8) is 0 Å². The van der Waals surface area contributed by atoms with Crippen molar-refractivity contribution < 1.29 is 27.5 Å². The molecule has 41 heavy (non-hydrogen) atoms. The first-order chi connectivity index (χ1) is 19.6. The van der Waals surface area contributed by atoms with Gasteiger partial charge in [0, 0.05) is 23.9 Å². The number of carbonyl (C=O) groups is 1. The fraction of sp³-hybridized carbons (Fsp3) is 0.250. The van der Waals surface area contributed by atoms with Crippen molar-refractivity contribution in [1.82, 2.24) is 9.97 Å². The molecule has 0 atom stereocenters. The molecular weight excluding hydrogens is 548 g/mol. The molecule has 13 heteroatoms. The Morgan fingerprint density at radius 2 is 1.56 bits per heavy atom. The number of ether oxygens (including phenoxy) is 2. The SMILES string of the molecule is COc1cc(Nc2nc3ccccc3nc2NS(=O)(=O)c2cccc(N(CC(N)=O)OCC(C)C)c2)cc(OC)c1. The van der Waals surface area contributed by atoms with E-state index in [-0.39, 0.29) is 29.0 Å². The van der Waals surface area contributed by atoms with Crippen molar-refractivity contribution in [3.8, 4) is 11.5 Å². The molecule has 1 amide bonds. The van der Waals surface area contributed by atoms with Crippen molar-refractivity contribution >= 4 is 50.0 Å². The van der Waals surface area contributed by atoms with Crippen LogP contribution in [0.3, 0.4) is 0 Å². The first kappa shape index (κ1) is 29.4. The molecule has 0 aliphatic heterocycles. The number of primary amides is 1. The highest BCUT2D eigenvalue weighted by Crippen LogP contribution is 2.32. The average molecular weight is 581 g/mol. The lowest BCUT2D eigenvalue weighted by Crippen LogP contribution is -2.35. The molecule has 216 valence electrons. The summed E-state index contributed by atoms with van der Waals surface area (Å²) < 4.78 is 40.5. The Bertz CT molecular complexity index is 1620. The molecule has 0 fully saturated rings. The van der Waals surface area contributed by atoms with Crippen molar-refractivity contribution in [3.05, 3.63) is 66.7 Å². The summed E-state index contributed by atoms with van der Waals surface area (Å²) in [5.74, 6) is 0.729. The second-order valence-electron chi connectivity index (χ2n) is 9.43. The van der Waals surface area contributed by atoms with Gasteiger partial charge in [-0.3, -0.25) is 14.4 Å². The van der Waals surface area contributed by atoms with Crippen molar-refractivity contribution in [2.24, 2.45) is 11.7 Å². The first-order valence-electron chi connectivity index (χ1n) is 12.7. The Morgan fingerprint density at radius 3 is 2.15 bits per heavy atom. The number of sulfonamides is 1. The molecule has 3 aromatic carbocycles. The number of methoxy groups -OCH3 is 2. The molecule has 12 nitrogen and oxygen atoms in total. The quantitative estimate of drug-likeness (QED) is 0.197. The van der Waals surface area contributed by atoms with Crippen LogP contribution < -0.4 is 30.3 Å². The van der Waals surface area contributed by atoms with Crippen LogP contribution in [-0.2, 0) is 19.7 Å². The van der Waals surface area contributed by atoms with E-state index in [4.69, 9.17) is 20.0 Å². The van der Waals surface area contributed by atoms with E-state index in [1.54, 1.807) is 48.5 Å². The zero-order chi connectivity index (χ0) is 29.6. The topological polar surface area (TPSA) is 158 Å². The van der Waals surface area contributed by atoms with E-state index < -0.39 is 15.9 Å². The van der Waals surface area contributed by atoms with Crippen LogP contribution in [0.4, 0.5) is 23.0 Å². The Hall–Kier alpha value is -4.62. The molecule has 0 saturated carbocycles. The summed E-state index contributed by atoms with van der Waals surface area (Å²) in [6.45, 7) is 3.95. The van der Waals surface area contributed by atoms with Crippen LogP contribution in [0, 0.1) is 5.92 Å². The molecule has 0 bridgehead atoms. The standard InChI is InChI=1S/C28H32N6O6S/c1-18(2)17-40-34(16-26(29)35)20-8-7-9-23(14-20)41(36,37)33-28-27(31-24-10-5-6-11-25(24)32-28)30-19-12-21(38-3)15-22(13-19)39-4/h5-15,18H,16-17H2,1-4H3,(H2,29,35)(H,30,31)(H,32,33). The molecule has 0 radical (unpaired) electrons. The molecule has 1 aromatic heterocycles. The largest absolute Gasteiger partial charge is 0.497 e. The maximum Gasteiger partial charge on any atom is 0.263 e. The predicted octanol–water partition coefficient (Wildman–Crippen LogP) is 4.07. The first-order valence-corrected chi connectivity index (χ1v) is 14.1. The van der Waals surface area contributed by atoms with E-state index in [1.165, 1.54) is 31.4 Å². The number of nitrogens with one attached hydrogen (secondary N) is 2. The maximum absolute atomic E-state index is 13.6. The zero-order valence-electron chi connectivity index (χ0n) is 23.1. The number of rotatable bonds is 13. The van der Waals surface area contributed by atoms with Crippen LogP contribution >= 0.6 is 0 Å². The summed E-state index contributed by atoms with van der Waals surface area (Å²) in [5, 5.41) is 4.40. The van der Waals surface area contributed by atoms with E-state index in [9.17, 15) is 13.2 Å². The van der Waals surface area contributed by atoms with E-state index >= 15 is 0 Å². The average Bonchev–Trinajstić information content (AvgIpc) is 2.95. The number of hydrogen-bond acceptors (Lipinski definition) is 10. The minimum absolute atomic E-state index is 0.0269. The molecule has 0 aliphatic carbocycles. The third-order valence-electron chi connectivity index (χ3n) is 5.69. The van der Waals surface area contributed by atoms with Crippen molar-refractivity contribution in [1.29, 1.82) is 0 Å². The number of para-hydroxylation sites is 2. The van der Waals surface area contributed by atoms with Gasteiger partial charge in [0.15, 0.2) is 11.6 Å². The summed E-state index contributed by atoms with van der Waals surface area (Å²) in [7, 11) is -1.12. The Morgan fingerprint density at radius 1 is 0.927 bits per heavy atom. The minimum atomic E-state index is -4.18. The van der Waals surface area contributed by atoms with E-state index in [0.29, 0.717) is 40.5 Å². The lowest BCUT2D eigenvalue weighted by molar-refractivity contribution is -0.118. The summed E-state index contributed by atoms with van der Waals surface area (Å²) in [6.07, 6.45) is 0. The van der Waals surface area contributed by atoms with Gasteiger partial charge in [-0.2, -0.15) is 0 Å². The summed E-state index contributed by atoms with van der Waals surface area (Å²) >= 11 is 0. The van der Waals surface area contributed by atoms with Crippen molar-refractivity contribution in [2.45, 2.75) is 18.7 Å². The molecule has 0 unspecified atom stereocenters. The molecule has 4 aromatic rings. The smallest absolute Gasteiger partial charge is 0.263 e. The minimum Gasteiger partial charge on any atom is -0.497 e. The Labute approximate surface area is 238 Å². The number of fused-ring (bicyclic) bond motifs is 1. The van der Waals surface area contributed by atoms with E-state index in [2.05, 4.69) is 20.0 Å². The summed E-state index contributed by atoms with van der Waals surface area (Å²) in [5.41, 5.74) is 7.32. The van der Waals surface area contributed by atoms with Crippen LogP contribution in [0.15, 0.2) is 71.6 Å². The van der Waals surface area contributed by atoms with Crippen LogP contribution in [0.2, 0.25) is 0 Å². The van der Waals surface area contributed by atoms with Gasteiger partial charge in [-0.05, 0) is 36.2 Å². The number of nitrogens with two attached hydrogens (primary N) is 1. The third kappa shape index (κ3) is 7.52. The van der Waals surface area contributed by atoms with Gasteiger partial charge >= 0.3 is 0 Å². The van der Waals surface area contributed by atoms with Gasteiger partial charge in [0.05, 0.1) is 42.4 Å². The fourth-order valence-corrected chi connectivity index (χ4v) is 4.81. The number of benzene rings is 3. The number of amides is 1. The molecular formula is C28H32N6O6S. The van der Waals surface area contributed by atoms with Crippen molar-refractivity contribution in [2.75, 3.05) is 42.5 Å². The molecule has 4 N–H and O–H groups in total. The van der Waals surface area contributed by atoms with Gasteiger partial charge in [-0.1, -0.05) is 32.0 Å². The molecule has 4 rings (SSSR count). The second kappa shape index (κ2) is 12.7. The molecule has 0 aliphatic rings. The Kier molecular flexibility index (Phi) is 9.10. The monoisotopic (exact) mass is 580 g/mol. The third-order valence-corrected chi connectivity index (χ3v) is 7.03. The van der Waals surface area contributed by atoms with Crippen LogP contribution in [-0.4, -0.2) is 51.7 Å². The summed E-state index contributed by atoms with van der Waals surface area (Å²) in [4.78, 5) is 26.5. The van der Waals surface area contributed by atoms with E-state index in [1.807, 2.05) is 19.9 Å². The van der Waals surface area contributed by atoms with Gasteiger partial charge in [0.25, 0.3) is 10.0 Å². The highest BCUT2D eigenvalue weighted by atomic mass is 32.2. The van der Waals surface area contributed by atoms with E-state index in [0.717, 1.165) is 0 Å². The van der Waals surface area contributed by atoms with Crippen LogP contribution in [0.5, 0.6) is 11.5 Å². The van der Waals surface area contributed by atoms with Gasteiger partial charge in [0.2, 0.25) is 5.91 Å². The fourth-order valence-electron chi connectivity index (χ4n) is 3.76. The normalized spacial score (nSPS) is 11.3. The summed E-state index contributed by atoms with van der Waals surface area (Å²) in [6, 6.07) is 18.2. The van der Waals surface area contributed by atoms with Gasteiger partial charge in [-0.15, -0.1) is 0 Å². The number of hydrogen-bond donors (Lipinski definition) is 3. The highest BCUT2D eigenvalue weighted by molar-refractivity contribution is 7.92. The number of aromatic nitrogens is 2.